The van der Waals surface area contributed by atoms with Crippen LogP contribution in [-0.4, -0.2) is 31.8 Å². The van der Waals surface area contributed by atoms with Gasteiger partial charge in [0.2, 0.25) is 0 Å². The molecule has 2 aromatic rings. The van der Waals surface area contributed by atoms with Crippen molar-refractivity contribution in [3.8, 4) is 11.4 Å². The Hall–Kier alpha value is -2.48. The Bertz CT molecular complexity index is 826. The lowest BCUT2D eigenvalue weighted by atomic mass is 10.1. The van der Waals surface area contributed by atoms with E-state index in [1.54, 1.807) is 0 Å². The van der Waals surface area contributed by atoms with Crippen LogP contribution in [0.15, 0.2) is 16.9 Å². The molecule has 0 saturated heterocycles. The molecule has 7 nitrogen and oxygen atoms in total. The molecule has 2 atom stereocenters. The van der Waals surface area contributed by atoms with Crippen LogP contribution in [0.5, 0.6) is 5.75 Å². The van der Waals surface area contributed by atoms with Gasteiger partial charge in [-0.3, -0.25) is 9.36 Å². The molecule has 1 N–H and O–H groups in total. The largest absolute Gasteiger partial charge is 0.490 e. The monoisotopic (exact) mass is 351 g/mol. The Kier molecular flexibility index (Phi) is 5.73. The van der Waals surface area contributed by atoms with Crippen LogP contribution in [-0.2, 0) is 7.05 Å². The van der Waals surface area contributed by atoms with E-state index in [0.717, 1.165) is 28.2 Å². The Morgan fingerprint density at radius 2 is 2.08 bits per heavy atom. The number of nitrogens with zero attached hydrogens (tertiary/aromatic N) is 3. The minimum absolute atomic E-state index is 0.0592. The second kappa shape index (κ2) is 7.60. The fourth-order valence-electron chi connectivity index (χ4n) is 2.57. The maximum absolute atomic E-state index is 14.4. The molecule has 0 aliphatic carbocycles. The van der Waals surface area contributed by atoms with Gasteiger partial charge in [0.15, 0.2) is 12.1 Å². The second-order valence-electron chi connectivity index (χ2n) is 5.96. The first kappa shape index (κ1) is 18.9. The predicted molar refractivity (Wildman–Crippen MR) is 89.8 cm³/mol. The number of ether oxygens (including phenoxy) is 1. The van der Waals surface area contributed by atoms with Crippen LogP contribution >= 0.6 is 0 Å². The lowest BCUT2D eigenvalue weighted by molar-refractivity contribution is 0.111. The standard InChI is InChI=1S/C17H22FN3O4/c1-5-6-10(2)25-15-8-14(13(18)7-12(15)9-22)21-17(24)20(4)16(19-21)11(3)23/h7-11,23H,5-6H2,1-4H3. The van der Waals surface area contributed by atoms with E-state index >= 15 is 0 Å². The first-order chi connectivity index (χ1) is 11.8. The third-order valence-corrected chi connectivity index (χ3v) is 3.85. The van der Waals surface area contributed by atoms with Crippen molar-refractivity contribution in [2.45, 2.75) is 45.8 Å². The van der Waals surface area contributed by atoms with E-state index in [0.29, 0.717) is 6.29 Å². The van der Waals surface area contributed by atoms with Crippen molar-refractivity contribution < 1.29 is 19.0 Å². The fourth-order valence-corrected chi connectivity index (χ4v) is 2.57. The maximum Gasteiger partial charge on any atom is 0.350 e. The highest BCUT2D eigenvalue weighted by molar-refractivity contribution is 5.80. The topological polar surface area (TPSA) is 86.3 Å². The molecule has 8 heteroatoms. The highest BCUT2D eigenvalue weighted by Gasteiger charge is 2.20. The van der Waals surface area contributed by atoms with Crippen LogP contribution < -0.4 is 10.4 Å². The maximum atomic E-state index is 14.4. The molecule has 0 saturated carbocycles. The van der Waals surface area contributed by atoms with Crippen LogP contribution in [0.2, 0.25) is 0 Å². The summed E-state index contributed by atoms with van der Waals surface area (Å²) in [6.45, 7) is 5.31. The molecule has 1 aromatic heterocycles. The molecule has 25 heavy (non-hydrogen) atoms. The fraction of sp³-hybridized carbons (Fsp3) is 0.471. The molecule has 0 bridgehead atoms. The van der Waals surface area contributed by atoms with Gasteiger partial charge in [-0.05, 0) is 26.3 Å². The number of benzene rings is 1. The second-order valence-corrected chi connectivity index (χ2v) is 5.96. The molecule has 1 aromatic carbocycles. The van der Waals surface area contributed by atoms with Gasteiger partial charge in [0, 0.05) is 13.1 Å². The number of aliphatic hydroxyl groups excluding tert-OH is 1. The van der Waals surface area contributed by atoms with Crippen molar-refractivity contribution in [1.29, 1.82) is 0 Å². The van der Waals surface area contributed by atoms with Crippen molar-refractivity contribution in [3.63, 3.8) is 0 Å². The van der Waals surface area contributed by atoms with Crippen LogP contribution in [0, 0.1) is 5.82 Å². The van der Waals surface area contributed by atoms with Crippen LogP contribution in [0.4, 0.5) is 4.39 Å². The van der Waals surface area contributed by atoms with Gasteiger partial charge in [0.05, 0.1) is 11.7 Å². The number of carbonyl (C=O) groups excluding carboxylic acids is 1. The number of hydrogen-bond acceptors (Lipinski definition) is 5. The number of carbonyl (C=O) groups is 1. The van der Waals surface area contributed by atoms with Crippen molar-refractivity contribution in [2.24, 2.45) is 7.05 Å². The van der Waals surface area contributed by atoms with E-state index in [1.807, 2.05) is 13.8 Å². The molecular formula is C17H22FN3O4. The minimum atomic E-state index is -0.989. The van der Waals surface area contributed by atoms with Crippen molar-refractivity contribution in [3.05, 3.63) is 39.8 Å². The molecule has 0 amide bonds. The van der Waals surface area contributed by atoms with Crippen molar-refractivity contribution >= 4 is 6.29 Å². The Labute approximate surface area is 144 Å². The SMILES string of the molecule is CCCC(C)Oc1cc(-n2nc(C(C)O)n(C)c2=O)c(F)cc1C=O. The highest BCUT2D eigenvalue weighted by Crippen LogP contribution is 2.25. The third-order valence-electron chi connectivity index (χ3n) is 3.85. The third kappa shape index (κ3) is 3.79. The zero-order valence-electron chi connectivity index (χ0n) is 14.7. The number of rotatable bonds is 7. The van der Waals surface area contributed by atoms with Gasteiger partial charge < -0.3 is 9.84 Å². The number of halogens is 1. The van der Waals surface area contributed by atoms with E-state index in [4.69, 9.17) is 4.74 Å². The quantitative estimate of drug-likeness (QED) is 0.773. The molecule has 136 valence electrons. The van der Waals surface area contributed by atoms with Gasteiger partial charge >= 0.3 is 5.69 Å². The predicted octanol–water partition coefficient (Wildman–Crippen LogP) is 2.14. The first-order valence-corrected chi connectivity index (χ1v) is 8.09. The van der Waals surface area contributed by atoms with Crippen molar-refractivity contribution in [2.75, 3.05) is 0 Å². The van der Waals surface area contributed by atoms with Gasteiger partial charge in [0.1, 0.15) is 23.4 Å². The molecule has 0 aliphatic rings. The average molecular weight is 351 g/mol. The Balaban J connectivity index is 2.57. The normalized spacial score (nSPS) is 13.5. The van der Waals surface area contributed by atoms with Gasteiger partial charge in [-0.25, -0.2) is 9.18 Å². The summed E-state index contributed by atoms with van der Waals surface area (Å²) in [5.41, 5.74) is -0.693. The Morgan fingerprint density at radius 3 is 2.60 bits per heavy atom. The molecule has 0 fully saturated rings. The van der Waals surface area contributed by atoms with E-state index < -0.39 is 17.6 Å². The first-order valence-electron chi connectivity index (χ1n) is 8.09. The number of hydrogen-bond donors (Lipinski definition) is 1. The summed E-state index contributed by atoms with van der Waals surface area (Å²) in [6.07, 6.45) is 1.000. The van der Waals surface area contributed by atoms with Crippen LogP contribution in [0.25, 0.3) is 5.69 Å². The van der Waals surface area contributed by atoms with E-state index in [-0.39, 0.29) is 28.9 Å². The highest BCUT2D eigenvalue weighted by atomic mass is 19.1. The molecular weight excluding hydrogens is 329 g/mol. The minimum Gasteiger partial charge on any atom is -0.490 e. The van der Waals surface area contributed by atoms with Gasteiger partial charge in [-0.15, -0.1) is 5.10 Å². The summed E-state index contributed by atoms with van der Waals surface area (Å²) in [7, 11) is 1.44. The van der Waals surface area contributed by atoms with Crippen LogP contribution in [0.3, 0.4) is 0 Å². The number of aldehydes is 1. The van der Waals surface area contributed by atoms with E-state index in [1.165, 1.54) is 20.0 Å². The lowest BCUT2D eigenvalue weighted by Crippen LogP contribution is -2.23. The van der Waals surface area contributed by atoms with E-state index in [2.05, 4.69) is 5.10 Å². The van der Waals surface area contributed by atoms with Gasteiger partial charge in [-0.1, -0.05) is 13.3 Å². The zero-order valence-corrected chi connectivity index (χ0v) is 14.7. The van der Waals surface area contributed by atoms with Gasteiger partial charge in [0.25, 0.3) is 0 Å². The van der Waals surface area contributed by atoms with E-state index in [9.17, 15) is 19.1 Å². The number of aliphatic hydroxyl groups is 1. The summed E-state index contributed by atoms with van der Waals surface area (Å²) in [5, 5.41) is 13.7. The van der Waals surface area contributed by atoms with Gasteiger partial charge in [-0.2, -0.15) is 4.68 Å². The number of aromatic nitrogens is 3. The Morgan fingerprint density at radius 1 is 1.40 bits per heavy atom. The molecule has 2 rings (SSSR count). The molecule has 0 aliphatic heterocycles. The van der Waals surface area contributed by atoms with Crippen LogP contribution in [0.1, 0.15) is 55.9 Å². The molecule has 0 radical (unpaired) electrons. The smallest absolute Gasteiger partial charge is 0.350 e. The van der Waals surface area contributed by atoms with Crippen molar-refractivity contribution in [1.82, 2.24) is 14.3 Å². The summed E-state index contributed by atoms with van der Waals surface area (Å²) >= 11 is 0. The summed E-state index contributed by atoms with van der Waals surface area (Å²) < 4.78 is 22.1. The average Bonchev–Trinajstić information content (AvgIpc) is 2.85. The summed E-state index contributed by atoms with van der Waals surface area (Å²) in [5.74, 6) is -0.496. The summed E-state index contributed by atoms with van der Waals surface area (Å²) in [6, 6.07) is 2.30. The molecule has 0 spiro atoms. The molecule has 2 unspecified atom stereocenters. The lowest BCUT2D eigenvalue weighted by Gasteiger charge is -2.16. The molecule has 1 heterocycles. The zero-order chi connectivity index (χ0) is 18.7. The summed E-state index contributed by atoms with van der Waals surface area (Å²) in [4.78, 5) is 23.5.